The minimum Gasteiger partial charge on any atom is -0.292 e. The Bertz CT molecular complexity index is 167. The fourth-order valence-corrected chi connectivity index (χ4v) is 3.33. The summed E-state index contributed by atoms with van der Waals surface area (Å²) in [6.45, 7) is 6.66. The molecule has 0 aromatic heterocycles. The summed E-state index contributed by atoms with van der Waals surface area (Å²) in [4.78, 5) is 10.2. The largest absolute Gasteiger partial charge is 0.292 e. The molecule has 1 N–H and O–H groups in total. The first-order chi connectivity index (χ1) is 5.54. The van der Waals surface area contributed by atoms with E-state index in [1.807, 2.05) is 11.8 Å². The molecule has 0 aromatic carbocycles. The van der Waals surface area contributed by atoms with Gasteiger partial charge in [-0.25, -0.2) is 0 Å². The summed E-state index contributed by atoms with van der Waals surface area (Å²) in [5.41, 5.74) is 1.21. The molecule has 2 unspecified atom stereocenters. The summed E-state index contributed by atoms with van der Waals surface area (Å²) < 4.78 is 0.270. The molecule has 0 saturated carbocycles. The molecule has 4 heteroatoms. The van der Waals surface area contributed by atoms with E-state index in [1.165, 1.54) is 11.8 Å². The van der Waals surface area contributed by atoms with Crippen LogP contribution in [-0.2, 0) is 4.79 Å². The van der Waals surface area contributed by atoms with E-state index in [4.69, 9.17) is 0 Å². The Hall–Kier alpha value is 0.330. The van der Waals surface area contributed by atoms with Gasteiger partial charge in [0.15, 0.2) is 5.62 Å². The van der Waals surface area contributed by atoms with Crippen molar-refractivity contribution in [2.24, 2.45) is 5.41 Å². The number of carbonyl (C=O) groups is 1. The summed E-state index contributed by atoms with van der Waals surface area (Å²) in [7, 11) is 0. The molecule has 1 saturated heterocycles. The third kappa shape index (κ3) is 2.68. The highest BCUT2D eigenvalue weighted by Crippen LogP contribution is 2.33. The third-order valence-electron chi connectivity index (χ3n) is 1.98. The number of hydrogen-bond donors (Lipinski definition) is 1. The number of nitrogens with one attached hydrogen (secondary N) is 1. The Morgan fingerprint density at radius 1 is 1.58 bits per heavy atom. The van der Waals surface area contributed by atoms with Gasteiger partial charge in [0.25, 0.3) is 0 Å². The smallest absolute Gasteiger partial charge is 0.178 e. The van der Waals surface area contributed by atoms with Gasteiger partial charge < -0.3 is 0 Å². The van der Waals surface area contributed by atoms with Gasteiger partial charge in [0.05, 0.1) is 0 Å². The number of rotatable bonds is 2. The van der Waals surface area contributed by atoms with Crippen LogP contribution < -0.4 is 5.32 Å². The Labute approximate surface area is 82.2 Å². The van der Waals surface area contributed by atoms with E-state index in [1.54, 1.807) is 0 Å². The molecule has 0 radical (unpaired) electrons. The van der Waals surface area contributed by atoms with Crippen LogP contribution in [0.15, 0.2) is 0 Å². The fraction of sp³-hybridized carbons (Fsp3) is 0.875. The lowest BCUT2D eigenvalue weighted by atomic mass is 9.88. The third-order valence-corrected chi connectivity index (χ3v) is 4.18. The van der Waals surface area contributed by atoms with Gasteiger partial charge in [0, 0.05) is 11.8 Å². The van der Waals surface area contributed by atoms with Crippen LogP contribution in [0.2, 0.25) is 0 Å². The van der Waals surface area contributed by atoms with E-state index in [-0.39, 0.29) is 4.71 Å². The minimum absolute atomic E-state index is 0.270. The maximum atomic E-state index is 10.2. The van der Waals surface area contributed by atoms with Crippen LogP contribution >= 0.6 is 23.5 Å². The first-order valence-corrected chi connectivity index (χ1v) is 6.00. The van der Waals surface area contributed by atoms with E-state index in [0.717, 1.165) is 11.4 Å². The van der Waals surface area contributed by atoms with E-state index in [2.05, 4.69) is 26.1 Å². The van der Waals surface area contributed by atoms with Crippen LogP contribution in [0.25, 0.3) is 0 Å². The quantitative estimate of drug-likeness (QED) is 0.698. The Morgan fingerprint density at radius 3 is 2.67 bits per heavy atom. The number of thioether (sulfide) groups is 2. The van der Waals surface area contributed by atoms with Crippen LogP contribution in [0.3, 0.4) is 0 Å². The van der Waals surface area contributed by atoms with Crippen molar-refractivity contribution in [1.29, 1.82) is 0 Å². The first-order valence-electron chi connectivity index (χ1n) is 4.01. The molecule has 70 valence electrons. The molecular weight excluding hydrogens is 190 g/mol. The number of carbonyl (C=O) groups excluding carboxylic acids is 1. The Morgan fingerprint density at radius 2 is 2.25 bits per heavy atom. The van der Waals surface area contributed by atoms with Crippen molar-refractivity contribution < 1.29 is 4.79 Å². The molecule has 12 heavy (non-hydrogen) atoms. The van der Waals surface area contributed by atoms with Gasteiger partial charge in [-0.3, -0.25) is 10.1 Å². The molecule has 2 atom stereocenters. The Balaban J connectivity index is 2.40. The summed E-state index contributed by atoms with van der Waals surface area (Å²) in [5, 5.41) is 3.43. The lowest BCUT2D eigenvalue weighted by Gasteiger charge is -2.26. The fourth-order valence-electron chi connectivity index (χ4n) is 1.07. The lowest BCUT2D eigenvalue weighted by molar-refractivity contribution is 0.308. The second-order valence-electron chi connectivity index (χ2n) is 3.98. The normalized spacial score (nSPS) is 30.6. The van der Waals surface area contributed by atoms with Gasteiger partial charge in [-0.05, 0) is 5.41 Å². The van der Waals surface area contributed by atoms with Crippen molar-refractivity contribution in [1.82, 2.24) is 5.32 Å². The summed E-state index contributed by atoms with van der Waals surface area (Å²) in [5.74, 6) is 1.11. The van der Waals surface area contributed by atoms with Crippen LogP contribution in [0.1, 0.15) is 20.8 Å². The zero-order valence-electron chi connectivity index (χ0n) is 7.66. The molecule has 1 rings (SSSR count). The van der Waals surface area contributed by atoms with E-state index in [0.29, 0.717) is 11.5 Å². The van der Waals surface area contributed by atoms with Gasteiger partial charge in [-0.2, -0.15) is 0 Å². The average molecular weight is 205 g/mol. The van der Waals surface area contributed by atoms with Crippen molar-refractivity contribution in [3.05, 3.63) is 0 Å². The molecule has 0 amide bonds. The molecule has 0 spiro atoms. The molecule has 1 heterocycles. The minimum atomic E-state index is 0.270. The zero-order chi connectivity index (χ0) is 9.19. The van der Waals surface area contributed by atoms with Gasteiger partial charge in [0.2, 0.25) is 0 Å². The maximum absolute atomic E-state index is 10.2. The van der Waals surface area contributed by atoms with Crippen molar-refractivity contribution in [3.8, 4) is 0 Å². The zero-order valence-corrected chi connectivity index (χ0v) is 9.30. The molecule has 1 aliphatic heterocycles. The van der Waals surface area contributed by atoms with E-state index >= 15 is 0 Å². The monoisotopic (exact) mass is 205 g/mol. The molecule has 2 nitrogen and oxygen atoms in total. The average Bonchev–Trinajstić information content (AvgIpc) is 2.35. The summed E-state index contributed by atoms with van der Waals surface area (Å²) in [6.07, 6.45) is 0. The molecule has 1 fully saturated rings. The lowest BCUT2D eigenvalue weighted by Crippen LogP contribution is -2.39. The van der Waals surface area contributed by atoms with Crippen LogP contribution in [0, 0.1) is 5.41 Å². The standard InChI is InChI=1S/C8H15NOS2/c1-8(2,3)6-4-11-7(9-6)12-5-10/h5-7,9H,4H2,1-3H3. The van der Waals surface area contributed by atoms with Gasteiger partial charge in [-0.15, -0.1) is 11.8 Å². The van der Waals surface area contributed by atoms with E-state index in [9.17, 15) is 4.79 Å². The van der Waals surface area contributed by atoms with Crippen molar-refractivity contribution in [3.63, 3.8) is 0 Å². The molecule has 1 aliphatic rings. The van der Waals surface area contributed by atoms with Crippen molar-refractivity contribution in [2.75, 3.05) is 5.75 Å². The highest BCUT2D eigenvalue weighted by Gasteiger charge is 2.32. The first kappa shape index (κ1) is 10.4. The number of hydrogen-bond acceptors (Lipinski definition) is 4. The summed E-state index contributed by atoms with van der Waals surface area (Å²) >= 11 is 3.15. The van der Waals surface area contributed by atoms with Gasteiger partial charge in [0.1, 0.15) is 4.71 Å². The summed E-state index contributed by atoms with van der Waals surface area (Å²) in [6, 6.07) is 0.528. The second-order valence-corrected chi connectivity index (χ2v) is 6.36. The maximum Gasteiger partial charge on any atom is 0.178 e. The predicted molar refractivity (Wildman–Crippen MR) is 57.0 cm³/mol. The van der Waals surface area contributed by atoms with Crippen LogP contribution in [0.4, 0.5) is 0 Å². The highest BCUT2D eigenvalue weighted by molar-refractivity contribution is 8.23. The molecule has 0 aromatic rings. The highest BCUT2D eigenvalue weighted by atomic mass is 32.2. The van der Waals surface area contributed by atoms with Crippen LogP contribution in [-0.4, -0.2) is 22.1 Å². The SMILES string of the molecule is CC(C)(C)C1CSC(SC=O)N1. The van der Waals surface area contributed by atoms with Crippen molar-refractivity contribution >= 4 is 29.1 Å². The molecular formula is C8H15NOS2. The second kappa shape index (κ2) is 4.03. The van der Waals surface area contributed by atoms with Crippen LogP contribution in [0.5, 0.6) is 0 Å². The predicted octanol–water partition coefficient (Wildman–Crippen LogP) is 1.94. The van der Waals surface area contributed by atoms with Crippen molar-refractivity contribution in [2.45, 2.75) is 31.5 Å². The van der Waals surface area contributed by atoms with E-state index < -0.39 is 0 Å². The topological polar surface area (TPSA) is 29.1 Å². The van der Waals surface area contributed by atoms with Gasteiger partial charge >= 0.3 is 0 Å². The molecule has 0 bridgehead atoms. The van der Waals surface area contributed by atoms with Gasteiger partial charge in [-0.1, -0.05) is 32.5 Å². The molecule has 0 aliphatic carbocycles. The Kier molecular flexibility index (Phi) is 3.49.